The molecule has 1 atom stereocenters. The molecule has 0 bridgehead atoms. The molecular formula is C12H17FN2O. The lowest BCUT2D eigenvalue weighted by atomic mass is 10.0. The Labute approximate surface area is 95.2 Å². The molecule has 0 saturated carbocycles. The minimum absolute atomic E-state index is 0.254. The quantitative estimate of drug-likeness (QED) is 0.822. The maximum Gasteiger partial charge on any atom is 0.126 e. The number of methoxy groups -OCH3 is 1. The molecule has 0 radical (unpaired) electrons. The predicted octanol–water partition coefficient (Wildman–Crippen LogP) is 1.41. The smallest absolute Gasteiger partial charge is 0.126 e. The topological polar surface area (TPSA) is 24.5 Å². The third kappa shape index (κ3) is 2.18. The monoisotopic (exact) mass is 224 g/mol. The fourth-order valence-corrected chi connectivity index (χ4v) is 2.11. The van der Waals surface area contributed by atoms with Crippen LogP contribution in [0.3, 0.4) is 0 Å². The number of nitrogens with zero attached hydrogens (tertiary/aromatic N) is 1. The Morgan fingerprint density at radius 1 is 1.50 bits per heavy atom. The van der Waals surface area contributed by atoms with Crippen molar-refractivity contribution in [2.75, 3.05) is 33.8 Å². The van der Waals surface area contributed by atoms with Crippen LogP contribution in [0.25, 0.3) is 0 Å². The third-order valence-corrected chi connectivity index (χ3v) is 3.07. The van der Waals surface area contributed by atoms with Crippen molar-refractivity contribution >= 4 is 0 Å². The number of hydrogen-bond acceptors (Lipinski definition) is 3. The lowest BCUT2D eigenvalue weighted by Gasteiger charge is -2.34. The molecule has 2 rings (SSSR count). The van der Waals surface area contributed by atoms with Crippen molar-refractivity contribution in [2.45, 2.75) is 6.04 Å². The summed E-state index contributed by atoms with van der Waals surface area (Å²) in [7, 11) is 3.66. The van der Waals surface area contributed by atoms with E-state index in [2.05, 4.69) is 17.3 Å². The standard InChI is InChI=1S/C12H17FN2O/c1-15-6-5-14-8-11(15)10-4-3-9(13)7-12(10)16-2/h3-4,7,11,14H,5-6,8H2,1-2H3. The number of nitrogens with one attached hydrogen (secondary N) is 1. The third-order valence-electron chi connectivity index (χ3n) is 3.07. The van der Waals surface area contributed by atoms with Gasteiger partial charge >= 0.3 is 0 Å². The molecule has 16 heavy (non-hydrogen) atoms. The van der Waals surface area contributed by atoms with Crippen LogP contribution in [-0.4, -0.2) is 38.7 Å². The van der Waals surface area contributed by atoms with Crippen LogP contribution in [-0.2, 0) is 0 Å². The molecule has 1 heterocycles. The lowest BCUT2D eigenvalue weighted by molar-refractivity contribution is 0.198. The molecule has 0 spiro atoms. The van der Waals surface area contributed by atoms with Crippen LogP contribution in [0.15, 0.2) is 18.2 Å². The summed E-state index contributed by atoms with van der Waals surface area (Å²) >= 11 is 0. The van der Waals surface area contributed by atoms with Crippen LogP contribution in [0.4, 0.5) is 4.39 Å². The summed E-state index contributed by atoms with van der Waals surface area (Å²) in [6.45, 7) is 2.86. The summed E-state index contributed by atoms with van der Waals surface area (Å²) in [6, 6.07) is 4.99. The normalized spacial score (nSPS) is 22.1. The van der Waals surface area contributed by atoms with E-state index < -0.39 is 0 Å². The van der Waals surface area contributed by atoms with Crippen molar-refractivity contribution in [3.8, 4) is 5.75 Å². The summed E-state index contributed by atoms with van der Waals surface area (Å²) in [5, 5.41) is 3.34. The molecule has 1 aliphatic heterocycles. The first-order valence-corrected chi connectivity index (χ1v) is 5.47. The summed E-state index contributed by atoms with van der Waals surface area (Å²) in [5.41, 5.74) is 1.04. The van der Waals surface area contributed by atoms with E-state index in [-0.39, 0.29) is 11.9 Å². The van der Waals surface area contributed by atoms with E-state index in [9.17, 15) is 4.39 Å². The summed E-state index contributed by atoms with van der Waals surface area (Å²) < 4.78 is 18.3. The zero-order valence-corrected chi connectivity index (χ0v) is 9.66. The van der Waals surface area contributed by atoms with Crippen LogP contribution >= 0.6 is 0 Å². The Bertz CT molecular complexity index is 370. The number of ether oxygens (including phenoxy) is 1. The molecule has 0 aromatic heterocycles. The van der Waals surface area contributed by atoms with Gasteiger partial charge in [-0.1, -0.05) is 6.07 Å². The van der Waals surface area contributed by atoms with Gasteiger partial charge in [-0.2, -0.15) is 0 Å². The molecule has 1 N–H and O–H groups in total. The number of benzene rings is 1. The van der Waals surface area contributed by atoms with E-state index in [4.69, 9.17) is 4.74 Å². The van der Waals surface area contributed by atoms with Crippen molar-refractivity contribution in [3.05, 3.63) is 29.6 Å². The van der Waals surface area contributed by atoms with Gasteiger partial charge in [-0.05, 0) is 13.1 Å². The lowest BCUT2D eigenvalue weighted by Crippen LogP contribution is -2.43. The van der Waals surface area contributed by atoms with Gasteiger partial charge in [-0.25, -0.2) is 4.39 Å². The zero-order valence-electron chi connectivity index (χ0n) is 9.66. The van der Waals surface area contributed by atoms with Gasteiger partial charge in [0.05, 0.1) is 13.2 Å². The zero-order chi connectivity index (χ0) is 11.5. The highest BCUT2D eigenvalue weighted by atomic mass is 19.1. The highest BCUT2D eigenvalue weighted by Crippen LogP contribution is 2.29. The Kier molecular flexibility index (Phi) is 3.41. The van der Waals surface area contributed by atoms with Crippen molar-refractivity contribution in [3.63, 3.8) is 0 Å². The van der Waals surface area contributed by atoms with Gasteiger partial charge in [0.25, 0.3) is 0 Å². The molecule has 0 amide bonds. The maximum absolute atomic E-state index is 13.1. The van der Waals surface area contributed by atoms with Crippen LogP contribution < -0.4 is 10.1 Å². The van der Waals surface area contributed by atoms with Gasteiger partial charge in [-0.15, -0.1) is 0 Å². The minimum atomic E-state index is -0.257. The SMILES string of the molecule is COc1cc(F)ccc1C1CNCCN1C. The van der Waals surface area contributed by atoms with Crippen molar-refractivity contribution in [1.29, 1.82) is 0 Å². The number of rotatable bonds is 2. The Hall–Kier alpha value is -1.13. The van der Waals surface area contributed by atoms with Crippen LogP contribution in [0, 0.1) is 5.82 Å². The van der Waals surface area contributed by atoms with Gasteiger partial charge in [0.1, 0.15) is 11.6 Å². The van der Waals surface area contributed by atoms with Crippen molar-refractivity contribution in [2.24, 2.45) is 0 Å². The van der Waals surface area contributed by atoms with Gasteiger partial charge in [0.15, 0.2) is 0 Å². The molecule has 1 unspecified atom stereocenters. The predicted molar refractivity (Wildman–Crippen MR) is 61.2 cm³/mol. The fraction of sp³-hybridized carbons (Fsp3) is 0.500. The second-order valence-corrected chi connectivity index (χ2v) is 4.09. The van der Waals surface area contributed by atoms with E-state index in [1.54, 1.807) is 7.11 Å². The van der Waals surface area contributed by atoms with E-state index >= 15 is 0 Å². The average Bonchev–Trinajstić information content (AvgIpc) is 2.30. The molecule has 1 saturated heterocycles. The second-order valence-electron chi connectivity index (χ2n) is 4.09. The number of likely N-dealkylation sites (N-methyl/N-ethyl adjacent to an activating group) is 1. The fourth-order valence-electron chi connectivity index (χ4n) is 2.11. The largest absolute Gasteiger partial charge is 0.496 e. The molecular weight excluding hydrogens is 207 g/mol. The highest BCUT2D eigenvalue weighted by molar-refractivity contribution is 5.37. The molecule has 1 fully saturated rings. The molecule has 4 heteroatoms. The Morgan fingerprint density at radius 3 is 3.00 bits per heavy atom. The number of piperazine rings is 1. The first-order chi connectivity index (χ1) is 7.72. The van der Waals surface area contributed by atoms with E-state index in [1.807, 2.05) is 6.07 Å². The van der Waals surface area contributed by atoms with Gasteiger partial charge in [0, 0.05) is 31.3 Å². The highest BCUT2D eigenvalue weighted by Gasteiger charge is 2.23. The van der Waals surface area contributed by atoms with Crippen LogP contribution in [0.1, 0.15) is 11.6 Å². The summed E-state index contributed by atoms with van der Waals surface area (Å²) in [5.74, 6) is 0.368. The second kappa shape index (κ2) is 4.80. The first kappa shape index (κ1) is 11.4. The minimum Gasteiger partial charge on any atom is -0.496 e. The Morgan fingerprint density at radius 2 is 2.31 bits per heavy atom. The maximum atomic E-state index is 13.1. The van der Waals surface area contributed by atoms with Crippen molar-refractivity contribution in [1.82, 2.24) is 10.2 Å². The molecule has 88 valence electrons. The number of halogens is 1. The van der Waals surface area contributed by atoms with E-state index in [1.165, 1.54) is 12.1 Å². The summed E-state index contributed by atoms with van der Waals surface area (Å²) in [4.78, 5) is 2.26. The Balaban J connectivity index is 2.30. The van der Waals surface area contributed by atoms with Crippen LogP contribution in [0.2, 0.25) is 0 Å². The number of hydrogen-bond donors (Lipinski definition) is 1. The molecule has 1 aliphatic rings. The average molecular weight is 224 g/mol. The van der Waals surface area contributed by atoms with Gasteiger partial charge < -0.3 is 10.1 Å². The molecule has 0 aliphatic carbocycles. The van der Waals surface area contributed by atoms with Crippen LogP contribution in [0.5, 0.6) is 5.75 Å². The van der Waals surface area contributed by atoms with Gasteiger partial charge in [-0.3, -0.25) is 4.90 Å². The molecule has 1 aromatic rings. The first-order valence-electron chi connectivity index (χ1n) is 5.47. The molecule has 1 aromatic carbocycles. The van der Waals surface area contributed by atoms with Crippen molar-refractivity contribution < 1.29 is 9.13 Å². The molecule has 3 nitrogen and oxygen atoms in total. The van der Waals surface area contributed by atoms with E-state index in [0.29, 0.717) is 5.75 Å². The van der Waals surface area contributed by atoms with Gasteiger partial charge in [0.2, 0.25) is 0 Å². The summed E-state index contributed by atoms with van der Waals surface area (Å²) in [6.07, 6.45) is 0. The van der Waals surface area contributed by atoms with E-state index in [0.717, 1.165) is 25.2 Å².